The van der Waals surface area contributed by atoms with Crippen molar-refractivity contribution < 1.29 is 0 Å². The molecule has 1 aliphatic carbocycles. The van der Waals surface area contributed by atoms with E-state index < -0.39 is 0 Å². The second kappa shape index (κ2) is 4.10. The Kier molecular flexibility index (Phi) is 3.09. The van der Waals surface area contributed by atoms with Crippen molar-refractivity contribution in [3.05, 3.63) is 47.1 Å². The van der Waals surface area contributed by atoms with Gasteiger partial charge < -0.3 is 0 Å². The first-order chi connectivity index (χ1) is 5.72. The minimum Gasteiger partial charge on any atom is -0.0847 e. The molecule has 64 valence electrons. The zero-order valence-corrected chi connectivity index (χ0v) is 8.09. The highest BCUT2D eigenvalue weighted by Crippen LogP contribution is 2.19. The highest BCUT2D eigenvalue weighted by molar-refractivity contribution is 5.38. The third kappa shape index (κ3) is 2.54. The van der Waals surface area contributed by atoms with Crippen molar-refractivity contribution in [2.45, 2.75) is 27.2 Å². The lowest BCUT2D eigenvalue weighted by Gasteiger charge is -1.94. The smallest absolute Gasteiger partial charge is 0.00668 e. The van der Waals surface area contributed by atoms with Gasteiger partial charge in [0.25, 0.3) is 0 Å². The van der Waals surface area contributed by atoms with Crippen molar-refractivity contribution in [3.63, 3.8) is 0 Å². The maximum Gasteiger partial charge on any atom is -0.00668 e. The summed E-state index contributed by atoms with van der Waals surface area (Å²) in [7, 11) is 0. The molecule has 0 N–H and O–H groups in total. The zero-order chi connectivity index (χ0) is 8.97. The summed E-state index contributed by atoms with van der Waals surface area (Å²) in [6, 6.07) is 0. The molecule has 1 aliphatic rings. The fourth-order valence-corrected chi connectivity index (χ4v) is 1.14. The minimum absolute atomic E-state index is 1.12. The number of allylic oxidation sites excluding steroid dienone is 8. The minimum atomic E-state index is 1.12. The first kappa shape index (κ1) is 9.05. The van der Waals surface area contributed by atoms with Crippen LogP contribution in [0.25, 0.3) is 0 Å². The van der Waals surface area contributed by atoms with E-state index in [1.165, 1.54) is 16.7 Å². The Labute approximate surface area is 75.0 Å². The first-order valence-corrected chi connectivity index (χ1v) is 4.39. The quantitative estimate of drug-likeness (QED) is 0.539. The molecule has 0 bridgehead atoms. The summed E-state index contributed by atoms with van der Waals surface area (Å²) in [5, 5.41) is 0. The molecule has 0 saturated carbocycles. The van der Waals surface area contributed by atoms with Gasteiger partial charge in [0, 0.05) is 0 Å². The number of hydrogen-bond donors (Lipinski definition) is 0. The molecule has 1 rings (SSSR count). The predicted molar refractivity (Wildman–Crippen MR) is 55.0 cm³/mol. The van der Waals surface area contributed by atoms with Crippen molar-refractivity contribution in [1.82, 2.24) is 0 Å². The number of rotatable bonds is 2. The Morgan fingerprint density at radius 1 is 1.42 bits per heavy atom. The molecule has 0 heterocycles. The Bertz CT molecular complexity index is 272. The van der Waals surface area contributed by atoms with Gasteiger partial charge in [-0.2, -0.15) is 0 Å². The van der Waals surface area contributed by atoms with Crippen LogP contribution in [0.5, 0.6) is 0 Å². The van der Waals surface area contributed by atoms with E-state index in [0.29, 0.717) is 0 Å². The summed E-state index contributed by atoms with van der Waals surface area (Å²) < 4.78 is 0. The number of hydrogen-bond acceptors (Lipinski definition) is 0. The van der Waals surface area contributed by atoms with Gasteiger partial charge in [-0.05, 0) is 32.8 Å². The van der Waals surface area contributed by atoms with Crippen LogP contribution in [0.2, 0.25) is 0 Å². The van der Waals surface area contributed by atoms with Crippen molar-refractivity contribution >= 4 is 0 Å². The summed E-state index contributed by atoms with van der Waals surface area (Å²) in [6.07, 6.45) is 12.0. The standard InChI is InChI=1S/C12H16/c1-4-10(2)5-7-12-8-6-11(3)9-12/h4-8H,9H2,1-3H3/b7-5-,10-4+. The van der Waals surface area contributed by atoms with Crippen LogP contribution in [0.15, 0.2) is 47.1 Å². The summed E-state index contributed by atoms with van der Waals surface area (Å²) in [6.45, 7) is 6.35. The molecule has 0 aromatic heterocycles. The van der Waals surface area contributed by atoms with E-state index in [-0.39, 0.29) is 0 Å². The van der Waals surface area contributed by atoms with Crippen LogP contribution in [0.1, 0.15) is 27.2 Å². The molecule has 0 amide bonds. The van der Waals surface area contributed by atoms with Gasteiger partial charge in [-0.25, -0.2) is 0 Å². The summed E-state index contributed by atoms with van der Waals surface area (Å²) in [5.74, 6) is 0. The molecule has 0 aromatic rings. The van der Waals surface area contributed by atoms with Gasteiger partial charge in [-0.15, -0.1) is 0 Å². The molecule has 12 heavy (non-hydrogen) atoms. The second-order valence-corrected chi connectivity index (χ2v) is 3.30. The lowest BCUT2D eigenvalue weighted by atomic mass is 10.1. The van der Waals surface area contributed by atoms with Crippen LogP contribution < -0.4 is 0 Å². The monoisotopic (exact) mass is 160 g/mol. The molecule has 0 aromatic carbocycles. The van der Waals surface area contributed by atoms with Crippen molar-refractivity contribution in [1.29, 1.82) is 0 Å². The molecule has 0 saturated heterocycles. The van der Waals surface area contributed by atoms with Crippen LogP contribution >= 0.6 is 0 Å². The predicted octanol–water partition coefficient (Wildman–Crippen LogP) is 3.79. The van der Waals surface area contributed by atoms with E-state index in [1.807, 2.05) is 0 Å². The maximum atomic E-state index is 2.20. The van der Waals surface area contributed by atoms with Gasteiger partial charge in [-0.3, -0.25) is 0 Å². The highest BCUT2D eigenvalue weighted by atomic mass is 14.0. The molecule has 0 aliphatic heterocycles. The van der Waals surface area contributed by atoms with Crippen LogP contribution in [0, 0.1) is 0 Å². The lowest BCUT2D eigenvalue weighted by Crippen LogP contribution is -1.74. The molecule has 0 radical (unpaired) electrons. The van der Waals surface area contributed by atoms with E-state index in [1.54, 1.807) is 0 Å². The third-order valence-electron chi connectivity index (χ3n) is 2.08. The Morgan fingerprint density at radius 2 is 2.17 bits per heavy atom. The largest absolute Gasteiger partial charge is 0.0847 e. The van der Waals surface area contributed by atoms with Gasteiger partial charge in [0.15, 0.2) is 0 Å². The molecule has 0 unspecified atom stereocenters. The molecular formula is C12H16. The summed E-state index contributed by atoms with van der Waals surface area (Å²) >= 11 is 0. The van der Waals surface area contributed by atoms with Gasteiger partial charge in [0.2, 0.25) is 0 Å². The molecule has 0 nitrogen and oxygen atoms in total. The van der Waals surface area contributed by atoms with Gasteiger partial charge in [-0.1, -0.05) is 41.5 Å². The van der Waals surface area contributed by atoms with Crippen molar-refractivity contribution in [2.24, 2.45) is 0 Å². The van der Waals surface area contributed by atoms with E-state index in [0.717, 1.165) is 6.42 Å². The SMILES string of the molecule is C/C=C(C)/C=C\C1=CC=C(C)C1. The zero-order valence-electron chi connectivity index (χ0n) is 8.09. The van der Waals surface area contributed by atoms with Crippen molar-refractivity contribution in [3.8, 4) is 0 Å². The van der Waals surface area contributed by atoms with Crippen molar-refractivity contribution in [2.75, 3.05) is 0 Å². The normalized spacial score (nSPS) is 18.4. The van der Waals surface area contributed by atoms with Crippen LogP contribution in [-0.4, -0.2) is 0 Å². The van der Waals surface area contributed by atoms with Crippen LogP contribution in [-0.2, 0) is 0 Å². The van der Waals surface area contributed by atoms with Gasteiger partial charge in [0.05, 0.1) is 0 Å². The van der Waals surface area contributed by atoms with E-state index in [4.69, 9.17) is 0 Å². The molecular weight excluding hydrogens is 144 g/mol. The molecule has 0 heteroatoms. The average Bonchev–Trinajstić information content (AvgIpc) is 2.47. The van der Waals surface area contributed by atoms with E-state index >= 15 is 0 Å². The Hall–Kier alpha value is -1.04. The Morgan fingerprint density at radius 3 is 2.67 bits per heavy atom. The second-order valence-electron chi connectivity index (χ2n) is 3.30. The summed E-state index contributed by atoms with van der Waals surface area (Å²) in [4.78, 5) is 0. The maximum absolute atomic E-state index is 2.20. The van der Waals surface area contributed by atoms with E-state index in [2.05, 4.69) is 51.2 Å². The fraction of sp³-hybridized carbons (Fsp3) is 0.333. The topological polar surface area (TPSA) is 0 Å². The summed E-state index contributed by atoms with van der Waals surface area (Å²) in [5.41, 5.74) is 4.18. The molecule has 0 atom stereocenters. The van der Waals surface area contributed by atoms with Crippen LogP contribution in [0.4, 0.5) is 0 Å². The Balaban J connectivity index is 2.50. The van der Waals surface area contributed by atoms with E-state index in [9.17, 15) is 0 Å². The molecule has 0 fully saturated rings. The fourth-order valence-electron chi connectivity index (χ4n) is 1.14. The lowest BCUT2D eigenvalue weighted by molar-refractivity contribution is 1.19. The third-order valence-corrected chi connectivity index (χ3v) is 2.08. The van der Waals surface area contributed by atoms with Crippen LogP contribution in [0.3, 0.4) is 0 Å². The van der Waals surface area contributed by atoms with Gasteiger partial charge in [0.1, 0.15) is 0 Å². The average molecular weight is 160 g/mol. The first-order valence-electron chi connectivity index (χ1n) is 4.39. The van der Waals surface area contributed by atoms with Gasteiger partial charge >= 0.3 is 0 Å². The molecule has 0 spiro atoms. The highest BCUT2D eigenvalue weighted by Gasteiger charge is 1.99.